The maximum Gasteiger partial charge on any atom is 0.443 e. The van der Waals surface area contributed by atoms with Gasteiger partial charge >= 0.3 is 6.18 Å². The van der Waals surface area contributed by atoms with E-state index in [0.717, 1.165) is 23.7 Å². The fourth-order valence-corrected chi connectivity index (χ4v) is 3.37. The molecular formula is C13H16F3N3S2. The van der Waals surface area contributed by atoms with Gasteiger partial charge in [-0.25, -0.2) is 9.97 Å². The molecule has 0 spiro atoms. The van der Waals surface area contributed by atoms with Crippen molar-refractivity contribution in [2.24, 2.45) is 0 Å². The lowest BCUT2D eigenvalue weighted by molar-refractivity contribution is -0.137. The topological polar surface area (TPSA) is 37.8 Å². The van der Waals surface area contributed by atoms with Crippen LogP contribution in [0.1, 0.15) is 40.0 Å². The molecule has 0 radical (unpaired) electrons. The Morgan fingerprint density at radius 3 is 2.67 bits per heavy atom. The zero-order valence-corrected chi connectivity index (χ0v) is 13.3. The number of halogens is 3. The highest BCUT2D eigenvalue weighted by atomic mass is 32.1. The van der Waals surface area contributed by atoms with Crippen LogP contribution in [-0.4, -0.2) is 16.5 Å². The second-order valence-corrected chi connectivity index (χ2v) is 6.76. The summed E-state index contributed by atoms with van der Waals surface area (Å²) in [5.41, 5.74) is 0.896. The lowest BCUT2D eigenvalue weighted by Gasteiger charge is -2.15. The van der Waals surface area contributed by atoms with Crippen LogP contribution in [0.25, 0.3) is 0 Å². The second-order valence-electron chi connectivity index (χ2n) is 4.63. The first-order chi connectivity index (χ1) is 9.90. The van der Waals surface area contributed by atoms with Crippen LogP contribution in [0.5, 0.6) is 0 Å². The van der Waals surface area contributed by atoms with E-state index in [1.165, 1.54) is 6.20 Å². The molecule has 0 aliphatic rings. The first-order valence-corrected chi connectivity index (χ1v) is 8.27. The average Bonchev–Trinajstić information content (AvgIpc) is 3.02. The number of rotatable bonds is 6. The second kappa shape index (κ2) is 6.85. The molecule has 0 aliphatic heterocycles. The van der Waals surface area contributed by atoms with Crippen LogP contribution in [-0.2, 0) is 12.6 Å². The maximum absolute atomic E-state index is 12.7. The zero-order valence-electron chi connectivity index (χ0n) is 11.7. The molecule has 0 saturated heterocycles. The Balaban J connectivity index is 2.17. The molecule has 2 aromatic rings. The van der Waals surface area contributed by atoms with E-state index in [-0.39, 0.29) is 6.04 Å². The molecule has 1 atom stereocenters. The average molecular weight is 335 g/mol. The summed E-state index contributed by atoms with van der Waals surface area (Å²) in [7, 11) is 0. The molecule has 2 heterocycles. The van der Waals surface area contributed by atoms with Gasteiger partial charge in [-0.15, -0.1) is 22.7 Å². The van der Waals surface area contributed by atoms with Crippen LogP contribution in [0.15, 0.2) is 11.6 Å². The van der Waals surface area contributed by atoms with Crippen LogP contribution in [0, 0.1) is 6.92 Å². The Labute approximate surface area is 129 Å². The smallest absolute Gasteiger partial charge is 0.309 e. The molecule has 0 saturated carbocycles. The molecule has 2 aromatic heterocycles. The Kier molecular flexibility index (Phi) is 5.34. The quantitative estimate of drug-likeness (QED) is 0.859. The van der Waals surface area contributed by atoms with Gasteiger partial charge in [0.15, 0.2) is 5.01 Å². The summed E-state index contributed by atoms with van der Waals surface area (Å²) in [4.78, 5) is 8.48. The Bertz CT molecular complexity index is 577. The van der Waals surface area contributed by atoms with Gasteiger partial charge in [0.05, 0.1) is 10.7 Å². The van der Waals surface area contributed by atoms with Crippen LogP contribution in [0.2, 0.25) is 0 Å². The first kappa shape index (κ1) is 16.4. The van der Waals surface area contributed by atoms with Crippen molar-refractivity contribution in [3.05, 3.63) is 32.2 Å². The van der Waals surface area contributed by atoms with Crippen molar-refractivity contribution >= 4 is 22.7 Å². The summed E-state index contributed by atoms with van der Waals surface area (Å²) >= 11 is 2.25. The van der Waals surface area contributed by atoms with E-state index in [4.69, 9.17) is 0 Å². The number of hydrogen-bond acceptors (Lipinski definition) is 5. The summed E-state index contributed by atoms with van der Waals surface area (Å²) in [5.74, 6) is 0. The summed E-state index contributed by atoms with van der Waals surface area (Å²) < 4.78 is 38.0. The molecule has 0 fully saturated rings. The van der Waals surface area contributed by atoms with E-state index >= 15 is 0 Å². The standard InChI is InChI=1S/C13H16F3N3S2/c1-3-4-17-10(5-9-7-20-8(2)19-9)11-6-18-12(21-11)13(14,15)16/h6-7,10,17H,3-5H2,1-2H3. The van der Waals surface area contributed by atoms with E-state index in [9.17, 15) is 13.2 Å². The number of aryl methyl sites for hydroxylation is 1. The van der Waals surface area contributed by atoms with E-state index in [1.807, 2.05) is 19.2 Å². The fourth-order valence-electron chi connectivity index (χ4n) is 1.88. The van der Waals surface area contributed by atoms with Crippen molar-refractivity contribution in [1.82, 2.24) is 15.3 Å². The van der Waals surface area contributed by atoms with E-state index in [1.54, 1.807) is 11.3 Å². The summed E-state index contributed by atoms with van der Waals surface area (Å²) in [6.07, 6.45) is -1.57. The monoisotopic (exact) mass is 335 g/mol. The van der Waals surface area contributed by atoms with Crippen molar-refractivity contribution in [2.75, 3.05) is 6.54 Å². The molecule has 2 rings (SSSR count). The summed E-state index contributed by atoms with van der Waals surface area (Å²) in [6.45, 7) is 4.68. The van der Waals surface area contributed by atoms with E-state index in [2.05, 4.69) is 15.3 Å². The van der Waals surface area contributed by atoms with E-state index < -0.39 is 11.2 Å². The van der Waals surface area contributed by atoms with Gasteiger partial charge in [-0.05, 0) is 19.9 Å². The third-order valence-corrected chi connectivity index (χ3v) is 4.81. The lowest BCUT2D eigenvalue weighted by Crippen LogP contribution is -2.23. The normalized spacial score (nSPS) is 13.6. The van der Waals surface area contributed by atoms with Crippen LogP contribution >= 0.6 is 22.7 Å². The van der Waals surface area contributed by atoms with Gasteiger partial charge in [0.1, 0.15) is 0 Å². The van der Waals surface area contributed by atoms with Crippen LogP contribution in [0.4, 0.5) is 13.2 Å². The Morgan fingerprint density at radius 2 is 2.14 bits per heavy atom. The van der Waals surface area contributed by atoms with Crippen molar-refractivity contribution < 1.29 is 13.2 Å². The number of thiazole rings is 2. The largest absolute Gasteiger partial charge is 0.443 e. The van der Waals surface area contributed by atoms with Gasteiger partial charge in [-0.3, -0.25) is 0 Å². The van der Waals surface area contributed by atoms with Crippen molar-refractivity contribution in [3.63, 3.8) is 0 Å². The van der Waals surface area contributed by atoms with Gasteiger partial charge in [-0.1, -0.05) is 6.92 Å². The number of aromatic nitrogens is 2. The molecule has 1 N–H and O–H groups in total. The molecule has 116 valence electrons. The highest BCUT2D eigenvalue weighted by molar-refractivity contribution is 7.11. The van der Waals surface area contributed by atoms with Gasteiger partial charge in [0.2, 0.25) is 0 Å². The number of alkyl halides is 3. The molecule has 1 unspecified atom stereocenters. The molecule has 3 nitrogen and oxygen atoms in total. The van der Waals surface area contributed by atoms with Crippen molar-refractivity contribution in [3.8, 4) is 0 Å². The highest BCUT2D eigenvalue weighted by Gasteiger charge is 2.35. The zero-order chi connectivity index (χ0) is 15.5. The summed E-state index contributed by atoms with van der Waals surface area (Å²) in [6, 6.07) is -0.181. The fraction of sp³-hybridized carbons (Fsp3) is 0.538. The summed E-state index contributed by atoms with van der Waals surface area (Å²) in [5, 5.41) is 5.38. The molecule has 0 aliphatic carbocycles. The van der Waals surface area contributed by atoms with E-state index in [0.29, 0.717) is 22.6 Å². The molecule has 0 aromatic carbocycles. The van der Waals surface area contributed by atoms with Crippen molar-refractivity contribution in [2.45, 2.75) is 38.9 Å². The predicted octanol–water partition coefficient (Wildman–Crippen LogP) is 4.21. The van der Waals surface area contributed by atoms with Gasteiger partial charge in [0, 0.05) is 28.9 Å². The minimum atomic E-state index is -4.38. The number of nitrogens with one attached hydrogen (secondary N) is 1. The van der Waals surface area contributed by atoms with Gasteiger partial charge in [-0.2, -0.15) is 13.2 Å². The minimum Gasteiger partial charge on any atom is -0.309 e. The number of nitrogens with zero attached hydrogens (tertiary/aromatic N) is 2. The predicted molar refractivity (Wildman–Crippen MR) is 78.7 cm³/mol. The molecule has 8 heteroatoms. The van der Waals surface area contributed by atoms with Crippen LogP contribution in [0.3, 0.4) is 0 Å². The lowest BCUT2D eigenvalue weighted by atomic mass is 10.1. The third-order valence-electron chi connectivity index (χ3n) is 2.83. The number of hydrogen-bond donors (Lipinski definition) is 1. The van der Waals surface area contributed by atoms with Crippen molar-refractivity contribution in [1.29, 1.82) is 0 Å². The highest BCUT2D eigenvalue weighted by Crippen LogP contribution is 2.35. The van der Waals surface area contributed by atoms with Gasteiger partial charge in [0.25, 0.3) is 0 Å². The van der Waals surface area contributed by atoms with Crippen LogP contribution < -0.4 is 5.32 Å². The molecular weight excluding hydrogens is 319 g/mol. The first-order valence-electron chi connectivity index (χ1n) is 6.57. The minimum absolute atomic E-state index is 0.181. The molecule has 0 bridgehead atoms. The Morgan fingerprint density at radius 1 is 1.38 bits per heavy atom. The maximum atomic E-state index is 12.7. The SMILES string of the molecule is CCCNC(Cc1csc(C)n1)c1cnc(C(F)(F)F)s1. The molecule has 0 amide bonds. The third kappa shape index (κ3) is 4.49. The van der Waals surface area contributed by atoms with Gasteiger partial charge < -0.3 is 5.32 Å². The molecule has 21 heavy (non-hydrogen) atoms. The Hall–Kier alpha value is -0.990.